The number of nitrogens with one attached hydrogen (secondary N) is 13. The number of aromatic amines is 1. The van der Waals surface area contributed by atoms with Crippen LogP contribution >= 0.6 is 0 Å². The van der Waals surface area contributed by atoms with E-state index in [9.17, 15) is 72.9 Å². The topological polar surface area (TPSA) is 499 Å². The van der Waals surface area contributed by atoms with Crippen LogP contribution < -0.4 is 70.1 Å². The maximum Gasteiger partial charge on any atom is 0.317 e. The van der Waals surface area contributed by atoms with Crippen molar-refractivity contribution in [2.45, 2.75) is 178 Å². The molecule has 34 heteroatoms. The second-order valence-corrected chi connectivity index (χ2v) is 21.5. The van der Waals surface area contributed by atoms with E-state index >= 15 is 0 Å². The molecule has 0 fully saturated rings. The third-order valence-electron chi connectivity index (χ3n) is 13.8. The Bertz CT molecular complexity index is 2390. The lowest BCUT2D eigenvalue weighted by Crippen LogP contribution is -2.60. The summed E-state index contributed by atoms with van der Waals surface area (Å²) in [5, 5.41) is 54.7. The fourth-order valence-electron chi connectivity index (χ4n) is 9.03. The summed E-state index contributed by atoms with van der Waals surface area (Å²) in [5.41, 5.74) is 14.0. The summed E-state index contributed by atoms with van der Waals surface area (Å²) in [6, 6.07) is -7.55. The van der Waals surface area contributed by atoms with Crippen molar-refractivity contribution in [3.05, 3.63) is 18.2 Å². The SMILES string of the molecule is CCCCC(NC(=O)C(CCNC(=O)CN(CC(=O)O)CC(=O)O)NC(=O)C(Cc1cnc[nH]1)NC(=O)C(CCC(N)=O)NC(=O)C(CO)NC(=O)CNC(=O)COCCOCCNC(=O)CCCCCCCCCCCCCCCC1=NNNN1)C(=O)NC. The summed E-state index contributed by atoms with van der Waals surface area (Å²) < 4.78 is 10.8. The lowest BCUT2D eigenvalue weighted by atomic mass is 10.0. The third-order valence-corrected chi connectivity index (χ3v) is 13.8. The number of aliphatic hydroxyl groups is 1. The molecule has 1 aromatic heterocycles. The van der Waals surface area contributed by atoms with Crippen LogP contribution in [-0.2, 0) is 73.4 Å². The number of hydrazine groups is 2. The van der Waals surface area contributed by atoms with E-state index in [4.69, 9.17) is 15.2 Å². The van der Waals surface area contributed by atoms with Crippen LogP contribution in [0, 0.1) is 0 Å². The Morgan fingerprint density at radius 1 is 0.578 bits per heavy atom. The number of likely N-dealkylation sites (N-methyl/N-ethyl adjacent to an activating group) is 1. The first-order valence-electron chi connectivity index (χ1n) is 30.8. The number of nitrogens with two attached hydrogens (primary N) is 1. The Kier molecular flexibility index (Phi) is 41.5. The molecule has 0 saturated carbocycles. The summed E-state index contributed by atoms with van der Waals surface area (Å²) in [7, 11) is 1.36. The molecule has 10 amide bonds. The molecule has 2 heterocycles. The molecular weight excluding hydrogens is 1180 g/mol. The number of amides is 10. The minimum Gasteiger partial charge on any atom is -0.480 e. The number of hydrogen-bond donors (Lipinski definition) is 17. The van der Waals surface area contributed by atoms with Gasteiger partial charge in [0.1, 0.15) is 42.7 Å². The first-order valence-corrected chi connectivity index (χ1v) is 30.8. The van der Waals surface area contributed by atoms with E-state index in [1.165, 1.54) is 77.4 Å². The van der Waals surface area contributed by atoms with Crippen LogP contribution in [0.2, 0.25) is 0 Å². The number of hydrazone groups is 1. The number of carbonyl (C=O) groups excluding carboxylic acids is 10. The van der Waals surface area contributed by atoms with Gasteiger partial charge >= 0.3 is 11.9 Å². The molecule has 0 saturated heterocycles. The Balaban J connectivity index is 1.86. The van der Waals surface area contributed by atoms with Crippen molar-refractivity contribution in [1.82, 2.24) is 79.2 Å². The summed E-state index contributed by atoms with van der Waals surface area (Å²) in [4.78, 5) is 161. The number of hydrogen-bond acceptors (Lipinski definition) is 21. The molecule has 2 rings (SSSR count). The molecule has 5 unspecified atom stereocenters. The Morgan fingerprint density at radius 3 is 1.69 bits per heavy atom. The van der Waals surface area contributed by atoms with Crippen molar-refractivity contribution >= 4 is 76.8 Å². The van der Waals surface area contributed by atoms with Gasteiger partial charge in [-0.3, -0.25) is 67.9 Å². The number of ether oxygens (including phenoxy) is 2. The zero-order valence-electron chi connectivity index (χ0n) is 51.9. The van der Waals surface area contributed by atoms with Crippen LogP contribution in [0.25, 0.3) is 0 Å². The molecule has 18 N–H and O–H groups in total. The number of carbonyl (C=O) groups is 12. The van der Waals surface area contributed by atoms with Crippen molar-refractivity contribution in [1.29, 1.82) is 0 Å². The zero-order valence-corrected chi connectivity index (χ0v) is 51.9. The van der Waals surface area contributed by atoms with Gasteiger partial charge in [-0.05, 0) is 32.1 Å². The van der Waals surface area contributed by atoms with Gasteiger partial charge in [-0.15, -0.1) is 10.6 Å². The number of carboxylic acid groups (broad SMARTS) is 2. The van der Waals surface area contributed by atoms with Crippen LogP contribution in [0.1, 0.15) is 147 Å². The van der Waals surface area contributed by atoms with Gasteiger partial charge in [0.15, 0.2) is 0 Å². The van der Waals surface area contributed by atoms with Gasteiger partial charge in [0.25, 0.3) is 0 Å². The third kappa shape index (κ3) is 37.7. The average Bonchev–Trinajstić information content (AvgIpc) is 3.58. The van der Waals surface area contributed by atoms with Crippen molar-refractivity contribution in [2.24, 2.45) is 10.8 Å². The minimum atomic E-state index is -1.71. The smallest absolute Gasteiger partial charge is 0.317 e. The van der Waals surface area contributed by atoms with Crippen molar-refractivity contribution in [3.8, 4) is 0 Å². The van der Waals surface area contributed by atoms with E-state index < -0.39 is 148 Å². The normalized spacial score (nSPS) is 13.4. The number of aromatic nitrogens is 2. The molecule has 5 atom stereocenters. The average molecular weight is 1280 g/mol. The molecule has 34 nitrogen and oxygen atoms in total. The van der Waals surface area contributed by atoms with Crippen LogP contribution in [0.3, 0.4) is 0 Å². The molecule has 1 aromatic rings. The van der Waals surface area contributed by atoms with Crippen LogP contribution in [-0.4, -0.2) is 217 Å². The molecule has 0 radical (unpaired) electrons. The fraction of sp³-hybridized carbons (Fsp3) is 0.714. The highest BCUT2D eigenvalue weighted by atomic mass is 16.5. The predicted molar refractivity (Wildman–Crippen MR) is 324 cm³/mol. The molecule has 90 heavy (non-hydrogen) atoms. The molecule has 508 valence electrons. The van der Waals surface area contributed by atoms with Gasteiger partial charge in [0.2, 0.25) is 59.1 Å². The van der Waals surface area contributed by atoms with Crippen molar-refractivity contribution in [3.63, 3.8) is 0 Å². The largest absolute Gasteiger partial charge is 0.480 e. The number of aliphatic hydroxyl groups excluding tert-OH is 1. The van der Waals surface area contributed by atoms with Crippen molar-refractivity contribution in [2.75, 3.05) is 79.4 Å². The van der Waals surface area contributed by atoms with Crippen LogP contribution in [0.4, 0.5) is 0 Å². The first-order chi connectivity index (χ1) is 43.2. The van der Waals surface area contributed by atoms with E-state index in [1.807, 2.05) is 6.92 Å². The van der Waals surface area contributed by atoms with Gasteiger partial charge in [-0.25, -0.2) is 10.5 Å². The van der Waals surface area contributed by atoms with Gasteiger partial charge < -0.3 is 83.4 Å². The molecule has 0 bridgehead atoms. The van der Waals surface area contributed by atoms with Crippen molar-refractivity contribution < 1.29 is 82.3 Å². The Hall–Kier alpha value is -8.08. The lowest BCUT2D eigenvalue weighted by Gasteiger charge is -2.27. The van der Waals surface area contributed by atoms with Gasteiger partial charge in [-0.2, -0.15) is 0 Å². The number of rotatable bonds is 54. The van der Waals surface area contributed by atoms with Crippen LogP contribution in [0.5, 0.6) is 0 Å². The predicted octanol–water partition coefficient (Wildman–Crippen LogP) is -3.41. The molecular formula is C56H97N17O17. The van der Waals surface area contributed by atoms with Gasteiger partial charge in [0, 0.05) is 57.7 Å². The zero-order chi connectivity index (χ0) is 66.3. The number of amidine groups is 1. The number of unbranched alkanes of at least 4 members (excludes halogenated alkanes) is 13. The standard InChI is InChI=1S/C56H97N17O17/c1-3-4-18-39(52(84)58-2)65-54(86)41(23-24-60-48(78)32-73(33-50(80)81)34-51(82)83)67-55(87)42(29-38-30-59-37-63-38)68-53(85)40(21-22-44(57)75)66-56(88)43(35-74)64-47(77)31-62-49(79)36-90-28-27-89-26-25-61-46(76)20-17-15-13-11-9-7-5-6-8-10-12-14-16-19-45-69-71-72-70-45/h30,37,39-43,71-72,74H,3-29,31-36H2,1-2H3,(H2,57,75)(H,58,84)(H,59,63)(H,60,78)(H,61,76)(H,62,79)(H,64,77)(H,65,86)(H,66,88)(H,67,87)(H,68,85)(H,69,70)(H,80,81)(H,82,83). The maximum atomic E-state index is 14.2. The number of H-pyrrole nitrogens is 1. The second kappa shape index (κ2) is 47.9. The number of primary amides is 1. The number of carboxylic acids is 2. The summed E-state index contributed by atoms with van der Waals surface area (Å²) in [6.45, 7) is -2.20. The molecule has 0 spiro atoms. The van der Waals surface area contributed by atoms with Gasteiger partial charge in [-0.1, -0.05) is 90.4 Å². The van der Waals surface area contributed by atoms with Crippen LogP contribution in [0.15, 0.2) is 17.6 Å². The molecule has 1 aliphatic heterocycles. The highest BCUT2D eigenvalue weighted by molar-refractivity contribution is 5.97. The van der Waals surface area contributed by atoms with E-state index in [0.717, 1.165) is 42.8 Å². The highest BCUT2D eigenvalue weighted by Crippen LogP contribution is 2.14. The van der Waals surface area contributed by atoms with E-state index in [1.54, 1.807) is 0 Å². The summed E-state index contributed by atoms with van der Waals surface area (Å²) >= 11 is 0. The molecule has 0 aromatic carbocycles. The van der Waals surface area contributed by atoms with E-state index in [-0.39, 0.29) is 57.2 Å². The number of aliphatic carboxylic acids is 2. The molecule has 0 aliphatic carbocycles. The fourth-order valence-corrected chi connectivity index (χ4v) is 9.03. The summed E-state index contributed by atoms with van der Waals surface area (Å²) in [5.74, 6) is -9.91. The maximum absolute atomic E-state index is 14.2. The Morgan fingerprint density at radius 2 is 1.13 bits per heavy atom. The number of imidazole rings is 1. The summed E-state index contributed by atoms with van der Waals surface area (Å²) in [6.07, 6.45) is 19.0. The Labute approximate surface area is 523 Å². The first kappa shape index (κ1) is 78.0. The van der Waals surface area contributed by atoms with E-state index in [0.29, 0.717) is 25.8 Å². The van der Waals surface area contributed by atoms with Gasteiger partial charge in [0.05, 0.1) is 58.9 Å². The monoisotopic (exact) mass is 1280 g/mol. The number of nitrogens with zero attached hydrogens (tertiary/aromatic N) is 3. The minimum absolute atomic E-state index is 0.0169. The molecule has 1 aliphatic rings. The second-order valence-electron chi connectivity index (χ2n) is 21.5. The highest BCUT2D eigenvalue weighted by Gasteiger charge is 2.33. The van der Waals surface area contributed by atoms with E-state index in [2.05, 4.69) is 79.4 Å². The lowest BCUT2D eigenvalue weighted by molar-refractivity contribution is -0.142. The quantitative estimate of drug-likeness (QED) is 0.0283.